The van der Waals surface area contributed by atoms with Gasteiger partial charge in [0.25, 0.3) is 0 Å². The first kappa shape index (κ1) is 8.85. The van der Waals surface area contributed by atoms with E-state index in [-0.39, 0.29) is 6.04 Å². The van der Waals surface area contributed by atoms with E-state index in [1.807, 2.05) is 19.1 Å². The standard InChI is InChI=1S/C10H12ClNO/c1-6-4-7(11)10-8(12)2-3-13-9(10)5-6/h4-5,8H,2-3,12H2,1H3/t8-/m1/s1. The largest absolute Gasteiger partial charge is 0.493 e. The summed E-state index contributed by atoms with van der Waals surface area (Å²) in [6, 6.07) is 3.94. The van der Waals surface area contributed by atoms with E-state index in [4.69, 9.17) is 22.1 Å². The molecule has 0 bridgehead atoms. The number of rotatable bonds is 0. The van der Waals surface area contributed by atoms with Crippen molar-refractivity contribution in [3.05, 3.63) is 28.3 Å². The molecule has 1 aliphatic rings. The Kier molecular flexibility index (Phi) is 2.18. The number of nitrogens with two attached hydrogens (primary N) is 1. The number of hydrogen-bond donors (Lipinski definition) is 1. The summed E-state index contributed by atoms with van der Waals surface area (Å²) in [5.41, 5.74) is 8.00. The van der Waals surface area contributed by atoms with Gasteiger partial charge >= 0.3 is 0 Å². The van der Waals surface area contributed by atoms with Crippen LogP contribution in [-0.4, -0.2) is 6.61 Å². The minimum Gasteiger partial charge on any atom is -0.493 e. The quantitative estimate of drug-likeness (QED) is 0.694. The van der Waals surface area contributed by atoms with Crippen LogP contribution in [0, 0.1) is 6.92 Å². The van der Waals surface area contributed by atoms with Crippen molar-refractivity contribution in [1.29, 1.82) is 0 Å². The molecule has 3 heteroatoms. The molecular weight excluding hydrogens is 186 g/mol. The molecule has 0 saturated carbocycles. The van der Waals surface area contributed by atoms with Gasteiger partial charge in [0.1, 0.15) is 5.75 Å². The lowest BCUT2D eigenvalue weighted by Gasteiger charge is -2.24. The molecule has 0 aliphatic carbocycles. The molecule has 2 rings (SSSR count). The highest BCUT2D eigenvalue weighted by atomic mass is 35.5. The van der Waals surface area contributed by atoms with Crippen molar-refractivity contribution in [2.75, 3.05) is 6.61 Å². The van der Waals surface area contributed by atoms with Gasteiger partial charge in [0, 0.05) is 23.0 Å². The fourth-order valence-corrected chi connectivity index (χ4v) is 2.05. The highest BCUT2D eigenvalue weighted by molar-refractivity contribution is 6.31. The zero-order chi connectivity index (χ0) is 9.42. The van der Waals surface area contributed by atoms with Crippen molar-refractivity contribution in [3.8, 4) is 5.75 Å². The normalized spacial score (nSPS) is 20.7. The summed E-state index contributed by atoms with van der Waals surface area (Å²) in [5, 5.41) is 0.724. The first-order valence-corrected chi connectivity index (χ1v) is 4.74. The monoisotopic (exact) mass is 197 g/mol. The summed E-state index contributed by atoms with van der Waals surface area (Å²) in [4.78, 5) is 0. The molecule has 2 N–H and O–H groups in total. The molecule has 1 aromatic rings. The summed E-state index contributed by atoms with van der Waals surface area (Å²) in [7, 11) is 0. The summed E-state index contributed by atoms with van der Waals surface area (Å²) in [5.74, 6) is 0.851. The molecule has 0 radical (unpaired) electrons. The number of ether oxygens (including phenoxy) is 1. The Labute approximate surface area is 82.6 Å². The van der Waals surface area contributed by atoms with Gasteiger partial charge in [-0.25, -0.2) is 0 Å². The highest BCUT2D eigenvalue weighted by Gasteiger charge is 2.21. The van der Waals surface area contributed by atoms with Crippen LogP contribution in [0.3, 0.4) is 0 Å². The predicted octanol–water partition coefficient (Wildman–Crippen LogP) is 2.43. The second kappa shape index (κ2) is 3.20. The number of halogens is 1. The maximum absolute atomic E-state index is 6.08. The van der Waals surface area contributed by atoms with Crippen molar-refractivity contribution >= 4 is 11.6 Å². The van der Waals surface area contributed by atoms with Crippen LogP contribution in [0.25, 0.3) is 0 Å². The molecule has 0 aromatic heterocycles. The number of aryl methyl sites for hydroxylation is 1. The summed E-state index contributed by atoms with van der Waals surface area (Å²) in [6.07, 6.45) is 0.843. The van der Waals surface area contributed by atoms with Gasteiger partial charge in [0.05, 0.1) is 6.61 Å². The molecule has 1 atom stereocenters. The average molecular weight is 198 g/mol. The molecule has 1 heterocycles. The zero-order valence-corrected chi connectivity index (χ0v) is 8.27. The van der Waals surface area contributed by atoms with Crippen LogP contribution in [0.2, 0.25) is 5.02 Å². The Balaban J connectivity index is 2.56. The van der Waals surface area contributed by atoms with Gasteiger partial charge in [-0.15, -0.1) is 0 Å². The van der Waals surface area contributed by atoms with Crippen molar-refractivity contribution in [3.63, 3.8) is 0 Å². The summed E-state index contributed by atoms with van der Waals surface area (Å²) in [6.45, 7) is 2.68. The predicted molar refractivity (Wildman–Crippen MR) is 53.2 cm³/mol. The molecule has 1 aromatic carbocycles. The van der Waals surface area contributed by atoms with Crippen LogP contribution in [0.15, 0.2) is 12.1 Å². The Hall–Kier alpha value is -0.730. The van der Waals surface area contributed by atoms with E-state index < -0.39 is 0 Å². The molecule has 0 spiro atoms. The van der Waals surface area contributed by atoms with E-state index in [0.717, 1.165) is 28.3 Å². The number of benzene rings is 1. The van der Waals surface area contributed by atoms with Crippen molar-refractivity contribution < 1.29 is 4.74 Å². The second-order valence-electron chi connectivity index (χ2n) is 3.40. The number of fused-ring (bicyclic) bond motifs is 1. The first-order valence-electron chi connectivity index (χ1n) is 4.37. The van der Waals surface area contributed by atoms with Crippen LogP contribution < -0.4 is 10.5 Å². The maximum atomic E-state index is 6.08. The lowest BCUT2D eigenvalue weighted by molar-refractivity contribution is 0.269. The molecule has 70 valence electrons. The van der Waals surface area contributed by atoms with Gasteiger partial charge in [0.15, 0.2) is 0 Å². The molecule has 1 aliphatic heterocycles. The van der Waals surface area contributed by atoms with Gasteiger partial charge in [0.2, 0.25) is 0 Å². The van der Waals surface area contributed by atoms with Crippen LogP contribution in [-0.2, 0) is 0 Å². The van der Waals surface area contributed by atoms with Crippen LogP contribution >= 0.6 is 11.6 Å². The molecule has 0 amide bonds. The van der Waals surface area contributed by atoms with Gasteiger partial charge in [-0.05, 0) is 24.6 Å². The Bertz CT molecular complexity index is 338. The molecule has 0 unspecified atom stereocenters. The van der Waals surface area contributed by atoms with E-state index in [9.17, 15) is 0 Å². The van der Waals surface area contributed by atoms with Gasteiger partial charge in [-0.3, -0.25) is 0 Å². The third-order valence-electron chi connectivity index (χ3n) is 2.29. The SMILES string of the molecule is Cc1cc(Cl)c2c(c1)OCC[C@H]2N. The van der Waals surface area contributed by atoms with Crippen molar-refractivity contribution in [2.24, 2.45) is 5.73 Å². The summed E-state index contributed by atoms with van der Waals surface area (Å²) < 4.78 is 5.49. The minimum absolute atomic E-state index is 0.0249. The fraction of sp³-hybridized carbons (Fsp3) is 0.400. The summed E-state index contributed by atoms with van der Waals surface area (Å²) >= 11 is 6.08. The number of hydrogen-bond acceptors (Lipinski definition) is 2. The molecule has 13 heavy (non-hydrogen) atoms. The van der Waals surface area contributed by atoms with Gasteiger partial charge in [-0.2, -0.15) is 0 Å². The Morgan fingerprint density at radius 3 is 3.08 bits per heavy atom. The molecule has 0 fully saturated rings. The highest BCUT2D eigenvalue weighted by Crippen LogP contribution is 2.36. The van der Waals surface area contributed by atoms with E-state index >= 15 is 0 Å². The molecule has 2 nitrogen and oxygen atoms in total. The third-order valence-corrected chi connectivity index (χ3v) is 2.61. The Morgan fingerprint density at radius 1 is 1.54 bits per heavy atom. The van der Waals surface area contributed by atoms with Crippen molar-refractivity contribution in [2.45, 2.75) is 19.4 Å². The third kappa shape index (κ3) is 1.52. The van der Waals surface area contributed by atoms with E-state index in [2.05, 4.69) is 0 Å². The van der Waals surface area contributed by atoms with E-state index in [1.54, 1.807) is 0 Å². The lowest BCUT2D eigenvalue weighted by Crippen LogP contribution is -2.21. The van der Waals surface area contributed by atoms with Crippen molar-refractivity contribution in [1.82, 2.24) is 0 Å². The first-order chi connectivity index (χ1) is 6.18. The average Bonchev–Trinajstić information content (AvgIpc) is 2.02. The van der Waals surface area contributed by atoms with Crippen LogP contribution in [0.1, 0.15) is 23.6 Å². The van der Waals surface area contributed by atoms with Gasteiger partial charge < -0.3 is 10.5 Å². The van der Waals surface area contributed by atoms with E-state index in [0.29, 0.717) is 6.61 Å². The zero-order valence-electron chi connectivity index (χ0n) is 7.51. The second-order valence-corrected chi connectivity index (χ2v) is 3.81. The minimum atomic E-state index is 0.0249. The van der Waals surface area contributed by atoms with Crippen LogP contribution in [0.4, 0.5) is 0 Å². The van der Waals surface area contributed by atoms with E-state index in [1.165, 1.54) is 0 Å². The smallest absolute Gasteiger partial charge is 0.125 e. The van der Waals surface area contributed by atoms with Gasteiger partial charge in [-0.1, -0.05) is 11.6 Å². The lowest BCUT2D eigenvalue weighted by atomic mass is 10.00. The molecule has 0 saturated heterocycles. The topological polar surface area (TPSA) is 35.2 Å². The Morgan fingerprint density at radius 2 is 2.31 bits per heavy atom. The molecular formula is C10H12ClNO. The fourth-order valence-electron chi connectivity index (χ4n) is 1.64. The van der Waals surface area contributed by atoms with Crippen LogP contribution in [0.5, 0.6) is 5.75 Å². The maximum Gasteiger partial charge on any atom is 0.125 e.